The maximum Gasteiger partial charge on any atom is 0.303 e. The Hall–Kier alpha value is -1.10. The van der Waals surface area contributed by atoms with Gasteiger partial charge in [0, 0.05) is 13.0 Å². The molecule has 0 fully saturated rings. The molecule has 0 aromatic carbocycles. The van der Waals surface area contributed by atoms with E-state index in [-0.39, 0.29) is 24.2 Å². The van der Waals surface area contributed by atoms with Gasteiger partial charge in [-0.2, -0.15) is 0 Å². The first kappa shape index (κ1) is 16.9. The van der Waals surface area contributed by atoms with Crippen molar-refractivity contribution in [1.82, 2.24) is 5.32 Å². The zero-order valence-corrected chi connectivity index (χ0v) is 11.8. The van der Waals surface area contributed by atoms with Crippen molar-refractivity contribution >= 4 is 11.9 Å². The van der Waals surface area contributed by atoms with E-state index in [0.29, 0.717) is 12.5 Å². The van der Waals surface area contributed by atoms with Gasteiger partial charge in [0.05, 0.1) is 6.04 Å². The van der Waals surface area contributed by atoms with Crippen molar-refractivity contribution in [3.63, 3.8) is 0 Å². The highest BCUT2D eigenvalue weighted by atomic mass is 16.4. The molecular weight excluding hydrogens is 232 g/mol. The number of amides is 1. The molecule has 18 heavy (non-hydrogen) atoms. The fraction of sp³-hybridized carbons (Fsp3) is 0.846. The van der Waals surface area contributed by atoms with Crippen LogP contribution >= 0.6 is 0 Å². The number of hydrogen-bond acceptors (Lipinski definition) is 3. The first-order chi connectivity index (χ1) is 8.23. The Bertz CT molecular complexity index is 277. The van der Waals surface area contributed by atoms with Gasteiger partial charge in [0.2, 0.25) is 5.91 Å². The monoisotopic (exact) mass is 258 g/mol. The molecule has 0 spiro atoms. The Labute approximate surface area is 109 Å². The number of nitrogens with one attached hydrogen (secondary N) is 1. The molecule has 0 rings (SSSR count). The highest BCUT2D eigenvalue weighted by Crippen LogP contribution is 2.14. The molecule has 0 aliphatic heterocycles. The zero-order chi connectivity index (χ0) is 14.3. The van der Waals surface area contributed by atoms with Crippen LogP contribution < -0.4 is 11.1 Å². The van der Waals surface area contributed by atoms with Gasteiger partial charge < -0.3 is 16.2 Å². The smallest absolute Gasteiger partial charge is 0.303 e. The lowest BCUT2D eigenvalue weighted by Gasteiger charge is -2.20. The van der Waals surface area contributed by atoms with Gasteiger partial charge in [-0.25, -0.2) is 0 Å². The number of carbonyl (C=O) groups excluding carboxylic acids is 1. The predicted octanol–water partition coefficient (Wildman–Crippen LogP) is 1.22. The van der Waals surface area contributed by atoms with E-state index in [2.05, 4.69) is 5.32 Å². The molecule has 5 heteroatoms. The number of rotatable bonds is 8. The van der Waals surface area contributed by atoms with E-state index in [4.69, 9.17) is 10.8 Å². The molecule has 0 radical (unpaired) electrons. The van der Waals surface area contributed by atoms with E-state index in [1.54, 1.807) is 0 Å². The van der Waals surface area contributed by atoms with E-state index < -0.39 is 12.0 Å². The molecule has 5 nitrogen and oxygen atoms in total. The van der Waals surface area contributed by atoms with Crippen LogP contribution in [-0.4, -0.2) is 29.6 Å². The standard InChI is InChI=1S/C13H26N2O3/c1-8(2)5-10(6-11(16)17)7-15-13(18)12(14)9(3)4/h8-10,12H,5-7,14H2,1-4H3,(H,15,18)(H,16,17)/t10-,12-/m0/s1. The van der Waals surface area contributed by atoms with Crippen LogP contribution in [0.1, 0.15) is 40.5 Å². The minimum atomic E-state index is -0.831. The summed E-state index contributed by atoms with van der Waals surface area (Å²) in [4.78, 5) is 22.4. The second-order valence-corrected chi connectivity index (χ2v) is 5.61. The highest BCUT2D eigenvalue weighted by Gasteiger charge is 2.20. The van der Waals surface area contributed by atoms with Crippen LogP contribution in [0.5, 0.6) is 0 Å². The predicted molar refractivity (Wildman–Crippen MR) is 71.0 cm³/mol. The molecule has 0 saturated carbocycles. The number of carboxylic acids is 1. The van der Waals surface area contributed by atoms with Crippen LogP contribution in [0.15, 0.2) is 0 Å². The summed E-state index contributed by atoms with van der Waals surface area (Å²) in [5, 5.41) is 11.6. The maximum absolute atomic E-state index is 11.7. The normalized spacial score (nSPS) is 14.6. The second-order valence-electron chi connectivity index (χ2n) is 5.61. The third kappa shape index (κ3) is 7.27. The van der Waals surface area contributed by atoms with Crippen LogP contribution in [0.4, 0.5) is 0 Å². The van der Waals surface area contributed by atoms with Gasteiger partial charge in [-0.15, -0.1) is 0 Å². The van der Waals surface area contributed by atoms with Crippen LogP contribution in [-0.2, 0) is 9.59 Å². The summed E-state index contributed by atoms with van der Waals surface area (Å²) < 4.78 is 0. The number of hydrogen-bond donors (Lipinski definition) is 3. The van der Waals surface area contributed by atoms with Gasteiger partial charge in [0.15, 0.2) is 0 Å². The van der Waals surface area contributed by atoms with Gasteiger partial charge in [-0.05, 0) is 24.2 Å². The summed E-state index contributed by atoms with van der Waals surface area (Å²) in [5.74, 6) is -0.587. The van der Waals surface area contributed by atoms with Crippen LogP contribution in [0.3, 0.4) is 0 Å². The summed E-state index contributed by atoms with van der Waals surface area (Å²) in [6, 6.07) is -0.533. The van der Waals surface area contributed by atoms with Crippen molar-refractivity contribution in [2.45, 2.75) is 46.6 Å². The third-order valence-corrected chi connectivity index (χ3v) is 2.85. The SMILES string of the molecule is CC(C)C[C@H](CNC(=O)[C@@H](N)C(C)C)CC(=O)O. The molecule has 1 amide bonds. The Morgan fingerprint density at radius 1 is 1.22 bits per heavy atom. The van der Waals surface area contributed by atoms with Crippen molar-refractivity contribution in [1.29, 1.82) is 0 Å². The molecule has 0 aromatic rings. The Balaban J connectivity index is 4.24. The van der Waals surface area contributed by atoms with E-state index >= 15 is 0 Å². The summed E-state index contributed by atoms with van der Waals surface area (Å²) >= 11 is 0. The Kier molecular flexibility index (Phi) is 7.59. The van der Waals surface area contributed by atoms with Gasteiger partial charge in [0.25, 0.3) is 0 Å². The molecule has 0 aliphatic carbocycles. The molecule has 0 aliphatic rings. The van der Waals surface area contributed by atoms with Crippen molar-refractivity contribution in [2.75, 3.05) is 6.54 Å². The van der Waals surface area contributed by atoms with Crippen molar-refractivity contribution < 1.29 is 14.7 Å². The minimum Gasteiger partial charge on any atom is -0.481 e. The molecule has 0 heterocycles. The lowest BCUT2D eigenvalue weighted by molar-refractivity contribution is -0.138. The fourth-order valence-electron chi connectivity index (χ4n) is 1.82. The average Bonchev–Trinajstić information content (AvgIpc) is 2.22. The van der Waals surface area contributed by atoms with Crippen molar-refractivity contribution in [3.05, 3.63) is 0 Å². The molecule has 0 saturated heterocycles. The number of aliphatic carboxylic acids is 1. The minimum absolute atomic E-state index is 0.0363. The Morgan fingerprint density at radius 3 is 2.17 bits per heavy atom. The third-order valence-electron chi connectivity index (χ3n) is 2.85. The lowest BCUT2D eigenvalue weighted by atomic mass is 9.94. The van der Waals surface area contributed by atoms with Gasteiger partial charge in [0.1, 0.15) is 0 Å². The highest BCUT2D eigenvalue weighted by molar-refractivity contribution is 5.81. The van der Waals surface area contributed by atoms with E-state index in [1.165, 1.54) is 0 Å². The van der Waals surface area contributed by atoms with Crippen LogP contribution in [0.2, 0.25) is 0 Å². The summed E-state index contributed by atoms with van der Waals surface area (Å²) in [5.41, 5.74) is 5.72. The molecule has 0 unspecified atom stereocenters. The molecular formula is C13H26N2O3. The summed E-state index contributed by atoms with van der Waals surface area (Å²) in [6.07, 6.45) is 0.860. The molecule has 0 bridgehead atoms. The molecule has 0 aromatic heterocycles. The molecule has 4 N–H and O–H groups in total. The summed E-state index contributed by atoms with van der Waals surface area (Å²) in [7, 11) is 0. The van der Waals surface area contributed by atoms with Crippen LogP contribution in [0, 0.1) is 17.8 Å². The largest absolute Gasteiger partial charge is 0.481 e. The number of nitrogens with two attached hydrogens (primary N) is 1. The van der Waals surface area contributed by atoms with Crippen molar-refractivity contribution in [2.24, 2.45) is 23.5 Å². The molecule has 106 valence electrons. The number of carboxylic acid groups (broad SMARTS) is 1. The van der Waals surface area contributed by atoms with Gasteiger partial charge in [-0.3, -0.25) is 9.59 Å². The van der Waals surface area contributed by atoms with Crippen molar-refractivity contribution in [3.8, 4) is 0 Å². The lowest BCUT2D eigenvalue weighted by Crippen LogP contribution is -2.45. The average molecular weight is 258 g/mol. The fourth-order valence-corrected chi connectivity index (χ4v) is 1.82. The maximum atomic E-state index is 11.7. The van der Waals surface area contributed by atoms with Crippen LogP contribution in [0.25, 0.3) is 0 Å². The van der Waals surface area contributed by atoms with E-state index in [9.17, 15) is 9.59 Å². The Morgan fingerprint density at radius 2 is 1.78 bits per heavy atom. The molecule has 2 atom stereocenters. The first-order valence-electron chi connectivity index (χ1n) is 6.49. The second kappa shape index (κ2) is 8.08. The first-order valence-corrected chi connectivity index (χ1v) is 6.49. The topological polar surface area (TPSA) is 92.4 Å². The summed E-state index contributed by atoms with van der Waals surface area (Å²) in [6.45, 7) is 8.22. The number of carbonyl (C=O) groups is 2. The van der Waals surface area contributed by atoms with E-state index in [0.717, 1.165) is 6.42 Å². The van der Waals surface area contributed by atoms with E-state index in [1.807, 2.05) is 27.7 Å². The van der Waals surface area contributed by atoms with Gasteiger partial charge >= 0.3 is 5.97 Å². The quantitative estimate of drug-likeness (QED) is 0.610. The van der Waals surface area contributed by atoms with Gasteiger partial charge in [-0.1, -0.05) is 27.7 Å². The zero-order valence-electron chi connectivity index (χ0n) is 11.8.